The molecule has 0 aliphatic heterocycles. The minimum absolute atomic E-state index is 0.195. The standard InChI is InChI=1S/C15H16N2OS/c18-15(12-2-1-3-12)17-9-11-4-6-16-14(8-11)13-5-7-19-10-13/h4-8,10,12H,1-3,9H2,(H,17,18). The summed E-state index contributed by atoms with van der Waals surface area (Å²) in [5.74, 6) is 0.443. The van der Waals surface area contributed by atoms with Gasteiger partial charge in [0.2, 0.25) is 5.91 Å². The number of pyridine rings is 1. The Balaban J connectivity index is 1.64. The van der Waals surface area contributed by atoms with Crippen LogP contribution in [0.15, 0.2) is 35.2 Å². The van der Waals surface area contributed by atoms with Crippen molar-refractivity contribution in [2.24, 2.45) is 5.92 Å². The molecule has 19 heavy (non-hydrogen) atoms. The Morgan fingerprint density at radius 1 is 1.42 bits per heavy atom. The van der Waals surface area contributed by atoms with Crippen LogP contribution in [0.1, 0.15) is 24.8 Å². The van der Waals surface area contributed by atoms with Gasteiger partial charge < -0.3 is 5.32 Å². The van der Waals surface area contributed by atoms with Crippen molar-refractivity contribution in [3.8, 4) is 11.3 Å². The summed E-state index contributed by atoms with van der Waals surface area (Å²) in [7, 11) is 0. The Bertz CT molecular complexity index is 561. The Hall–Kier alpha value is -1.68. The van der Waals surface area contributed by atoms with Gasteiger partial charge in [-0.05, 0) is 42.0 Å². The number of aromatic nitrogens is 1. The minimum atomic E-state index is 0.195. The van der Waals surface area contributed by atoms with Crippen molar-refractivity contribution in [1.29, 1.82) is 0 Å². The second-order valence-corrected chi connectivity index (χ2v) is 5.69. The lowest BCUT2D eigenvalue weighted by Crippen LogP contribution is -2.33. The molecule has 0 saturated heterocycles. The second-order valence-electron chi connectivity index (χ2n) is 4.91. The second kappa shape index (κ2) is 5.53. The summed E-state index contributed by atoms with van der Waals surface area (Å²) in [6.07, 6.45) is 5.08. The van der Waals surface area contributed by atoms with Gasteiger partial charge in [-0.1, -0.05) is 6.42 Å². The Morgan fingerprint density at radius 2 is 2.32 bits per heavy atom. The van der Waals surface area contributed by atoms with E-state index in [4.69, 9.17) is 0 Å². The molecule has 0 atom stereocenters. The normalized spacial score (nSPS) is 14.9. The molecule has 2 aromatic rings. The van der Waals surface area contributed by atoms with E-state index in [2.05, 4.69) is 21.7 Å². The van der Waals surface area contributed by atoms with E-state index in [9.17, 15) is 4.79 Å². The summed E-state index contributed by atoms with van der Waals surface area (Å²) in [6, 6.07) is 6.06. The van der Waals surface area contributed by atoms with Crippen LogP contribution in [0.25, 0.3) is 11.3 Å². The first-order valence-electron chi connectivity index (χ1n) is 6.58. The quantitative estimate of drug-likeness (QED) is 0.928. The van der Waals surface area contributed by atoms with E-state index in [1.165, 1.54) is 6.42 Å². The molecule has 3 rings (SSSR count). The van der Waals surface area contributed by atoms with Crippen molar-refractivity contribution in [1.82, 2.24) is 10.3 Å². The minimum Gasteiger partial charge on any atom is -0.352 e. The Kier molecular flexibility index (Phi) is 3.60. The van der Waals surface area contributed by atoms with E-state index in [1.807, 2.05) is 17.5 Å². The number of amides is 1. The topological polar surface area (TPSA) is 42.0 Å². The van der Waals surface area contributed by atoms with Gasteiger partial charge >= 0.3 is 0 Å². The molecule has 0 bridgehead atoms. The first-order chi connectivity index (χ1) is 9.33. The molecule has 0 spiro atoms. The molecule has 1 saturated carbocycles. The van der Waals surface area contributed by atoms with Crippen molar-refractivity contribution in [3.05, 3.63) is 40.7 Å². The number of carbonyl (C=O) groups excluding carboxylic acids is 1. The molecule has 0 aromatic carbocycles. The smallest absolute Gasteiger partial charge is 0.223 e. The average molecular weight is 272 g/mol. The highest BCUT2D eigenvalue weighted by Gasteiger charge is 2.24. The van der Waals surface area contributed by atoms with Crippen LogP contribution in [-0.2, 0) is 11.3 Å². The number of carbonyl (C=O) groups is 1. The highest BCUT2D eigenvalue weighted by molar-refractivity contribution is 7.08. The van der Waals surface area contributed by atoms with Gasteiger partial charge in [-0.2, -0.15) is 11.3 Å². The zero-order valence-electron chi connectivity index (χ0n) is 10.6. The number of hydrogen-bond acceptors (Lipinski definition) is 3. The van der Waals surface area contributed by atoms with E-state index in [-0.39, 0.29) is 11.8 Å². The van der Waals surface area contributed by atoms with Gasteiger partial charge in [0.25, 0.3) is 0 Å². The van der Waals surface area contributed by atoms with Gasteiger partial charge in [-0.25, -0.2) is 0 Å². The average Bonchev–Trinajstić information content (AvgIpc) is 2.88. The molecule has 2 aromatic heterocycles. The lowest BCUT2D eigenvalue weighted by molar-refractivity contribution is -0.127. The molecule has 1 aliphatic carbocycles. The van der Waals surface area contributed by atoms with E-state index in [0.29, 0.717) is 6.54 Å². The number of rotatable bonds is 4. The summed E-state index contributed by atoms with van der Waals surface area (Å²) < 4.78 is 0. The third-order valence-electron chi connectivity index (χ3n) is 3.58. The Morgan fingerprint density at radius 3 is 3.00 bits per heavy atom. The lowest BCUT2D eigenvalue weighted by atomic mass is 9.85. The van der Waals surface area contributed by atoms with Crippen molar-refractivity contribution >= 4 is 17.2 Å². The zero-order valence-corrected chi connectivity index (χ0v) is 11.5. The zero-order chi connectivity index (χ0) is 13.1. The lowest BCUT2D eigenvalue weighted by Gasteiger charge is -2.24. The summed E-state index contributed by atoms with van der Waals surface area (Å²) >= 11 is 1.66. The fraction of sp³-hybridized carbons (Fsp3) is 0.333. The maximum atomic E-state index is 11.8. The highest BCUT2D eigenvalue weighted by atomic mass is 32.1. The number of thiophene rings is 1. The predicted octanol–water partition coefficient (Wildman–Crippen LogP) is 3.23. The van der Waals surface area contributed by atoms with Crippen molar-refractivity contribution in [2.75, 3.05) is 0 Å². The maximum Gasteiger partial charge on any atom is 0.223 e. The largest absolute Gasteiger partial charge is 0.352 e. The van der Waals surface area contributed by atoms with Crippen LogP contribution >= 0.6 is 11.3 Å². The number of nitrogens with one attached hydrogen (secondary N) is 1. The molecule has 0 radical (unpaired) electrons. The summed E-state index contributed by atoms with van der Waals surface area (Å²) in [5.41, 5.74) is 3.21. The predicted molar refractivity (Wildman–Crippen MR) is 76.7 cm³/mol. The fourth-order valence-corrected chi connectivity index (χ4v) is 2.81. The number of hydrogen-bond donors (Lipinski definition) is 1. The van der Waals surface area contributed by atoms with Crippen LogP contribution in [0, 0.1) is 5.92 Å². The fourth-order valence-electron chi connectivity index (χ4n) is 2.16. The van der Waals surface area contributed by atoms with E-state index in [0.717, 1.165) is 29.7 Å². The molecule has 98 valence electrons. The first kappa shape index (κ1) is 12.4. The third-order valence-corrected chi connectivity index (χ3v) is 4.27. The van der Waals surface area contributed by atoms with Gasteiger partial charge in [0.15, 0.2) is 0 Å². The molecule has 0 unspecified atom stereocenters. The molecule has 1 fully saturated rings. The van der Waals surface area contributed by atoms with Crippen molar-refractivity contribution in [2.45, 2.75) is 25.8 Å². The third kappa shape index (κ3) is 2.84. The van der Waals surface area contributed by atoms with Gasteiger partial charge in [-0.3, -0.25) is 9.78 Å². The molecule has 2 heterocycles. The van der Waals surface area contributed by atoms with Crippen molar-refractivity contribution in [3.63, 3.8) is 0 Å². The molecule has 3 nitrogen and oxygen atoms in total. The summed E-state index contributed by atoms with van der Waals surface area (Å²) in [4.78, 5) is 16.2. The highest BCUT2D eigenvalue weighted by Crippen LogP contribution is 2.26. The monoisotopic (exact) mass is 272 g/mol. The first-order valence-corrected chi connectivity index (χ1v) is 7.52. The van der Waals surface area contributed by atoms with Crippen LogP contribution in [0.5, 0.6) is 0 Å². The van der Waals surface area contributed by atoms with Crippen LogP contribution in [0.4, 0.5) is 0 Å². The van der Waals surface area contributed by atoms with Crippen LogP contribution in [0.2, 0.25) is 0 Å². The van der Waals surface area contributed by atoms with Gasteiger partial charge in [0, 0.05) is 29.6 Å². The van der Waals surface area contributed by atoms with E-state index < -0.39 is 0 Å². The summed E-state index contributed by atoms with van der Waals surface area (Å²) in [6.45, 7) is 0.592. The SMILES string of the molecule is O=C(NCc1ccnc(-c2ccsc2)c1)C1CCC1. The van der Waals surface area contributed by atoms with Gasteiger partial charge in [0.1, 0.15) is 0 Å². The molecule has 1 N–H and O–H groups in total. The van der Waals surface area contributed by atoms with Crippen molar-refractivity contribution < 1.29 is 4.79 Å². The molecular formula is C15H16N2OS. The molecule has 4 heteroatoms. The number of nitrogens with zero attached hydrogens (tertiary/aromatic N) is 1. The van der Waals surface area contributed by atoms with Crippen LogP contribution in [0.3, 0.4) is 0 Å². The summed E-state index contributed by atoms with van der Waals surface area (Å²) in [5, 5.41) is 7.14. The van der Waals surface area contributed by atoms with Gasteiger partial charge in [0.05, 0.1) is 5.69 Å². The van der Waals surface area contributed by atoms with Crippen LogP contribution < -0.4 is 5.32 Å². The van der Waals surface area contributed by atoms with E-state index >= 15 is 0 Å². The van der Waals surface area contributed by atoms with E-state index in [1.54, 1.807) is 17.5 Å². The maximum absolute atomic E-state index is 11.8. The molecule has 1 amide bonds. The van der Waals surface area contributed by atoms with Crippen LogP contribution in [-0.4, -0.2) is 10.9 Å². The molecule has 1 aliphatic rings. The van der Waals surface area contributed by atoms with Gasteiger partial charge in [-0.15, -0.1) is 0 Å². The molecular weight excluding hydrogens is 256 g/mol. The Labute approximate surface area is 116 Å².